The van der Waals surface area contributed by atoms with E-state index in [0.29, 0.717) is 22.9 Å². The van der Waals surface area contributed by atoms with E-state index >= 15 is 0 Å². The lowest BCUT2D eigenvalue weighted by molar-refractivity contribution is 0.235. The van der Waals surface area contributed by atoms with Gasteiger partial charge in [0.05, 0.1) is 12.6 Å². The maximum absolute atomic E-state index is 12.5. The molecule has 4 rings (SSSR count). The quantitative estimate of drug-likeness (QED) is 0.739. The zero-order valence-electron chi connectivity index (χ0n) is 15.9. The van der Waals surface area contributed by atoms with Gasteiger partial charge in [-0.15, -0.1) is 0 Å². The number of hydrogen-bond acceptors (Lipinski definition) is 5. The van der Waals surface area contributed by atoms with E-state index in [0.717, 1.165) is 25.3 Å². The van der Waals surface area contributed by atoms with Crippen LogP contribution in [0, 0.1) is 0 Å². The Morgan fingerprint density at radius 3 is 2.70 bits per heavy atom. The molecule has 7 nitrogen and oxygen atoms in total. The number of H-pyrrole nitrogens is 1. The first-order valence-corrected chi connectivity index (χ1v) is 9.18. The summed E-state index contributed by atoms with van der Waals surface area (Å²) >= 11 is 0. The Balaban J connectivity index is 1.56. The fraction of sp³-hybridized carbons (Fsp3) is 0.400. The number of aromatic nitrogens is 3. The van der Waals surface area contributed by atoms with Crippen LogP contribution in [0.25, 0.3) is 11.0 Å². The summed E-state index contributed by atoms with van der Waals surface area (Å²) < 4.78 is 6.84. The van der Waals surface area contributed by atoms with Crippen LogP contribution < -0.4 is 15.6 Å². The standard InChI is InChI=1S/C20H25N5O2/c1-24-11-14(13-4-6-16(27-3)7-5-13)10-15(12-24)22-20-23-17-8-9-21-18(17)19(26)25(20)2/h4-9,14-15,21H,10-12H2,1-3H3,(H,22,23)/t14-,15+/m0/s1. The summed E-state index contributed by atoms with van der Waals surface area (Å²) in [5, 5.41) is 3.50. The van der Waals surface area contributed by atoms with E-state index in [4.69, 9.17) is 4.74 Å². The monoisotopic (exact) mass is 367 g/mol. The van der Waals surface area contributed by atoms with Gasteiger partial charge in [0.1, 0.15) is 11.3 Å². The molecule has 1 aliphatic heterocycles. The molecule has 0 spiro atoms. The van der Waals surface area contributed by atoms with E-state index in [1.807, 2.05) is 18.2 Å². The molecule has 1 fully saturated rings. The van der Waals surface area contributed by atoms with E-state index in [9.17, 15) is 4.79 Å². The third-order valence-corrected chi connectivity index (χ3v) is 5.34. The number of ether oxygens (including phenoxy) is 1. The second kappa shape index (κ2) is 7.08. The topological polar surface area (TPSA) is 75.2 Å². The first-order valence-electron chi connectivity index (χ1n) is 9.18. The van der Waals surface area contributed by atoms with E-state index in [1.54, 1.807) is 24.9 Å². The molecule has 1 saturated heterocycles. The van der Waals surface area contributed by atoms with E-state index in [2.05, 4.69) is 39.4 Å². The summed E-state index contributed by atoms with van der Waals surface area (Å²) in [4.78, 5) is 22.4. The first-order chi connectivity index (χ1) is 13.0. The minimum atomic E-state index is -0.0663. The Morgan fingerprint density at radius 1 is 1.19 bits per heavy atom. The van der Waals surface area contributed by atoms with Crippen LogP contribution in [0.1, 0.15) is 17.9 Å². The van der Waals surface area contributed by atoms with Crippen molar-refractivity contribution in [2.75, 3.05) is 32.6 Å². The van der Waals surface area contributed by atoms with E-state index < -0.39 is 0 Å². The highest BCUT2D eigenvalue weighted by Crippen LogP contribution is 2.29. The van der Waals surface area contributed by atoms with Crippen LogP contribution in [0.5, 0.6) is 5.75 Å². The van der Waals surface area contributed by atoms with Gasteiger partial charge in [-0.3, -0.25) is 9.36 Å². The van der Waals surface area contributed by atoms with Crippen molar-refractivity contribution < 1.29 is 4.74 Å². The maximum atomic E-state index is 12.5. The third-order valence-electron chi connectivity index (χ3n) is 5.34. The lowest BCUT2D eigenvalue weighted by Crippen LogP contribution is -2.44. The highest BCUT2D eigenvalue weighted by molar-refractivity contribution is 5.75. The number of fused-ring (bicyclic) bond motifs is 1. The van der Waals surface area contributed by atoms with Crippen LogP contribution in [0.2, 0.25) is 0 Å². The summed E-state index contributed by atoms with van der Waals surface area (Å²) in [6, 6.07) is 10.3. The van der Waals surface area contributed by atoms with Crippen LogP contribution in [-0.4, -0.2) is 52.7 Å². The highest BCUT2D eigenvalue weighted by Gasteiger charge is 2.27. The van der Waals surface area contributed by atoms with Crippen molar-refractivity contribution in [3.05, 3.63) is 52.4 Å². The number of anilines is 1. The molecule has 7 heteroatoms. The number of aromatic amines is 1. The molecule has 27 heavy (non-hydrogen) atoms. The van der Waals surface area contributed by atoms with Crippen molar-refractivity contribution in [1.82, 2.24) is 19.4 Å². The van der Waals surface area contributed by atoms with Crippen LogP contribution in [0.4, 0.5) is 5.95 Å². The number of hydrogen-bond donors (Lipinski definition) is 2. The van der Waals surface area contributed by atoms with Crippen LogP contribution in [0.15, 0.2) is 41.3 Å². The van der Waals surface area contributed by atoms with Gasteiger partial charge in [0.25, 0.3) is 5.56 Å². The Hall–Kier alpha value is -2.80. The van der Waals surface area contributed by atoms with Gasteiger partial charge in [-0.25, -0.2) is 4.98 Å². The van der Waals surface area contributed by atoms with Crippen molar-refractivity contribution in [3.63, 3.8) is 0 Å². The Kier molecular flexibility index (Phi) is 4.61. The van der Waals surface area contributed by atoms with Crippen LogP contribution in [-0.2, 0) is 7.05 Å². The van der Waals surface area contributed by atoms with Gasteiger partial charge in [0, 0.05) is 32.4 Å². The average Bonchev–Trinajstić information content (AvgIpc) is 3.14. The van der Waals surface area contributed by atoms with Crippen molar-refractivity contribution in [2.24, 2.45) is 7.05 Å². The molecule has 0 bridgehead atoms. The number of methoxy groups -OCH3 is 1. The van der Waals surface area contributed by atoms with Crippen LogP contribution >= 0.6 is 0 Å². The Labute approximate surface area is 158 Å². The summed E-state index contributed by atoms with van der Waals surface area (Å²) in [7, 11) is 5.57. The normalized spacial score (nSPS) is 20.7. The van der Waals surface area contributed by atoms with Gasteiger partial charge in [-0.05, 0) is 43.1 Å². The highest BCUT2D eigenvalue weighted by atomic mass is 16.5. The van der Waals surface area contributed by atoms with Gasteiger partial charge in [-0.2, -0.15) is 0 Å². The van der Waals surface area contributed by atoms with Crippen molar-refractivity contribution in [2.45, 2.75) is 18.4 Å². The Morgan fingerprint density at radius 2 is 1.96 bits per heavy atom. The first kappa shape index (κ1) is 17.6. The summed E-state index contributed by atoms with van der Waals surface area (Å²) in [6.45, 7) is 1.92. The molecule has 0 aliphatic carbocycles. The summed E-state index contributed by atoms with van der Waals surface area (Å²) in [5.74, 6) is 1.90. The molecule has 3 heterocycles. The maximum Gasteiger partial charge on any atom is 0.278 e. The number of likely N-dealkylation sites (tertiary alicyclic amines) is 1. The fourth-order valence-electron chi connectivity index (χ4n) is 3.93. The predicted octanol–water partition coefficient (Wildman–Crippen LogP) is 2.17. The smallest absolute Gasteiger partial charge is 0.278 e. The molecule has 3 aromatic rings. The molecule has 2 atom stereocenters. The molecule has 1 aromatic carbocycles. The number of rotatable bonds is 4. The van der Waals surface area contributed by atoms with E-state index in [-0.39, 0.29) is 11.6 Å². The fourth-order valence-corrected chi connectivity index (χ4v) is 3.93. The molecule has 1 aliphatic rings. The Bertz CT molecular complexity index is 992. The largest absolute Gasteiger partial charge is 0.497 e. The van der Waals surface area contributed by atoms with E-state index in [1.165, 1.54) is 5.56 Å². The molecule has 0 saturated carbocycles. The summed E-state index contributed by atoms with van der Waals surface area (Å²) in [6.07, 6.45) is 2.73. The minimum absolute atomic E-state index is 0.0663. The molecular weight excluding hydrogens is 342 g/mol. The predicted molar refractivity (Wildman–Crippen MR) is 107 cm³/mol. The van der Waals surface area contributed by atoms with Crippen LogP contribution in [0.3, 0.4) is 0 Å². The average molecular weight is 367 g/mol. The number of nitrogens with one attached hydrogen (secondary N) is 2. The van der Waals surface area contributed by atoms with Crippen molar-refractivity contribution in [1.29, 1.82) is 0 Å². The molecule has 0 unspecified atom stereocenters. The lowest BCUT2D eigenvalue weighted by Gasteiger charge is -2.36. The minimum Gasteiger partial charge on any atom is -0.497 e. The van der Waals surface area contributed by atoms with Gasteiger partial charge in [-0.1, -0.05) is 12.1 Å². The second-order valence-electron chi connectivity index (χ2n) is 7.31. The number of piperidine rings is 1. The summed E-state index contributed by atoms with van der Waals surface area (Å²) in [5.41, 5.74) is 2.47. The van der Waals surface area contributed by atoms with Crippen molar-refractivity contribution in [3.8, 4) is 5.75 Å². The number of benzene rings is 1. The van der Waals surface area contributed by atoms with Gasteiger partial charge >= 0.3 is 0 Å². The number of nitrogens with zero attached hydrogens (tertiary/aromatic N) is 3. The molecular formula is C20H25N5O2. The molecule has 2 N–H and O–H groups in total. The van der Waals surface area contributed by atoms with Gasteiger partial charge < -0.3 is 19.9 Å². The molecule has 0 radical (unpaired) electrons. The van der Waals surface area contributed by atoms with Gasteiger partial charge in [0.15, 0.2) is 0 Å². The molecule has 0 amide bonds. The SMILES string of the molecule is COc1ccc([C@H]2C[C@@H](Nc3nc4cc[nH]c4c(=O)n3C)CN(C)C2)cc1. The zero-order valence-corrected chi connectivity index (χ0v) is 15.9. The third kappa shape index (κ3) is 3.42. The second-order valence-corrected chi connectivity index (χ2v) is 7.31. The zero-order chi connectivity index (χ0) is 19.0. The van der Waals surface area contributed by atoms with Gasteiger partial charge in [0.2, 0.25) is 5.95 Å². The number of likely N-dealkylation sites (N-methyl/N-ethyl adjacent to an activating group) is 1. The lowest BCUT2D eigenvalue weighted by atomic mass is 9.88. The molecule has 142 valence electrons. The molecule has 2 aromatic heterocycles. The van der Waals surface area contributed by atoms with Crippen molar-refractivity contribution >= 4 is 17.0 Å².